The molecule has 1 N–H and O–H groups in total. The van der Waals surface area contributed by atoms with Gasteiger partial charge >= 0.3 is 0 Å². The molecule has 114 valence electrons. The van der Waals surface area contributed by atoms with Gasteiger partial charge in [-0.1, -0.05) is 11.6 Å². The summed E-state index contributed by atoms with van der Waals surface area (Å²) < 4.78 is 37.7. The number of benzene rings is 2. The van der Waals surface area contributed by atoms with E-state index in [2.05, 4.69) is 9.71 Å². The van der Waals surface area contributed by atoms with Crippen LogP contribution in [0.25, 0.3) is 11.1 Å². The molecule has 1 aromatic heterocycles. The summed E-state index contributed by atoms with van der Waals surface area (Å²) in [7, 11) is -2.46. The van der Waals surface area contributed by atoms with E-state index >= 15 is 0 Å². The van der Waals surface area contributed by atoms with Gasteiger partial charge in [0.2, 0.25) is 0 Å². The molecular weight excluding hydrogens is 328 g/mol. The highest BCUT2D eigenvalue weighted by molar-refractivity contribution is 7.92. The van der Waals surface area contributed by atoms with Gasteiger partial charge in [-0.25, -0.2) is 13.4 Å². The van der Waals surface area contributed by atoms with E-state index in [0.29, 0.717) is 21.8 Å². The zero-order chi connectivity index (χ0) is 15.7. The number of aromatic nitrogens is 1. The number of nitrogens with zero attached hydrogens (tertiary/aromatic N) is 1. The first-order valence-corrected chi connectivity index (χ1v) is 8.05. The van der Waals surface area contributed by atoms with Crippen LogP contribution in [0.4, 0.5) is 5.69 Å². The first-order chi connectivity index (χ1) is 10.5. The van der Waals surface area contributed by atoms with Crippen molar-refractivity contribution in [3.8, 4) is 5.75 Å². The molecule has 0 saturated carbocycles. The molecule has 0 saturated heterocycles. The van der Waals surface area contributed by atoms with Gasteiger partial charge in [0.25, 0.3) is 10.0 Å². The maximum absolute atomic E-state index is 12.5. The smallest absolute Gasteiger partial charge is 0.265 e. The third-order valence-corrected chi connectivity index (χ3v) is 4.64. The molecule has 0 aliphatic heterocycles. The number of fused-ring (bicyclic) bond motifs is 1. The molecule has 6 nitrogen and oxygen atoms in total. The van der Waals surface area contributed by atoms with Crippen molar-refractivity contribution in [1.29, 1.82) is 0 Å². The van der Waals surface area contributed by atoms with Gasteiger partial charge in [-0.3, -0.25) is 4.72 Å². The first kappa shape index (κ1) is 14.7. The maximum atomic E-state index is 12.5. The Bertz CT molecular complexity index is 937. The molecular formula is C14H11ClN2O4S. The van der Waals surface area contributed by atoms with Crippen molar-refractivity contribution >= 4 is 38.4 Å². The number of methoxy groups -OCH3 is 1. The molecule has 0 fully saturated rings. The van der Waals surface area contributed by atoms with E-state index in [1.54, 1.807) is 24.3 Å². The van der Waals surface area contributed by atoms with Crippen molar-refractivity contribution in [2.24, 2.45) is 0 Å². The molecule has 3 rings (SSSR count). The zero-order valence-corrected chi connectivity index (χ0v) is 13.0. The lowest BCUT2D eigenvalue weighted by Gasteiger charge is -2.11. The largest absolute Gasteiger partial charge is 0.495 e. The Labute approximate surface area is 131 Å². The minimum atomic E-state index is -3.85. The normalized spacial score (nSPS) is 11.5. The Balaban J connectivity index is 2.01. The summed E-state index contributed by atoms with van der Waals surface area (Å²) in [6, 6.07) is 9.18. The zero-order valence-electron chi connectivity index (χ0n) is 11.4. The van der Waals surface area contributed by atoms with Crippen LogP contribution in [0.15, 0.2) is 52.1 Å². The van der Waals surface area contributed by atoms with Gasteiger partial charge in [-0.05, 0) is 36.4 Å². The predicted molar refractivity (Wildman–Crippen MR) is 82.8 cm³/mol. The molecule has 0 aliphatic rings. The number of nitrogens with one attached hydrogen (secondary N) is 1. The van der Waals surface area contributed by atoms with Crippen molar-refractivity contribution in [3.63, 3.8) is 0 Å². The average Bonchev–Trinajstić information content (AvgIpc) is 2.94. The molecule has 2 aromatic carbocycles. The van der Waals surface area contributed by atoms with Crippen LogP contribution in [-0.2, 0) is 10.0 Å². The van der Waals surface area contributed by atoms with Crippen LogP contribution >= 0.6 is 11.6 Å². The van der Waals surface area contributed by atoms with Gasteiger partial charge in [-0.2, -0.15) is 0 Å². The Kier molecular flexibility index (Phi) is 3.67. The molecule has 0 bridgehead atoms. The number of hydrogen-bond acceptors (Lipinski definition) is 5. The molecule has 0 aliphatic carbocycles. The van der Waals surface area contributed by atoms with Gasteiger partial charge in [0, 0.05) is 5.02 Å². The highest BCUT2D eigenvalue weighted by atomic mass is 35.5. The lowest BCUT2D eigenvalue weighted by atomic mass is 10.3. The maximum Gasteiger partial charge on any atom is 0.265 e. The van der Waals surface area contributed by atoms with E-state index in [1.807, 2.05) is 0 Å². The first-order valence-electron chi connectivity index (χ1n) is 6.19. The standard InChI is InChI=1S/C14H11ClN2O4S/c1-20-13-4-2-9(15)6-14(13)22(18,19)17-10-3-5-12-11(7-10)16-8-21-12/h2-8,17H,1H3. The summed E-state index contributed by atoms with van der Waals surface area (Å²) in [5.74, 6) is 0.208. The number of hydrogen-bond donors (Lipinski definition) is 1. The van der Waals surface area contributed by atoms with Gasteiger partial charge in [0.15, 0.2) is 12.0 Å². The van der Waals surface area contributed by atoms with Crippen LogP contribution < -0.4 is 9.46 Å². The second kappa shape index (κ2) is 5.51. The molecule has 0 atom stereocenters. The monoisotopic (exact) mass is 338 g/mol. The predicted octanol–water partition coefficient (Wildman–Crippen LogP) is 3.29. The third kappa shape index (κ3) is 2.72. The molecule has 3 aromatic rings. The van der Waals surface area contributed by atoms with Crippen molar-refractivity contribution in [1.82, 2.24) is 4.98 Å². The van der Waals surface area contributed by atoms with Crippen LogP contribution in [0, 0.1) is 0 Å². The van der Waals surface area contributed by atoms with Gasteiger partial charge in [-0.15, -0.1) is 0 Å². The number of halogens is 1. The van der Waals surface area contributed by atoms with E-state index in [0.717, 1.165) is 0 Å². The third-order valence-electron chi connectivity index (χ3n) is 3.00. The summed E-state index contributed by atoms with van der Waals surface area (Å²) in [5.41, 5.74) is 1.49. The fraction of sp³-hybridized carbons (Fsp3) is 0.0714. The quantitative estimate of drug-likeness (QED) is 0.789. The number of anilines is 1. The lowest BCUT2D eigenvalue weighted by molar-refractivity contribution is 0.403. The summed E-state index contributed by atoms with van der Waals surface area (Å²) in [5, 5.41) is 0.299. The SMILES string of the molecule is COc1ccc(Cl)cc1S(=O)(=O)Nc1ccc2ocnc2c1. The van der Waals surface area contributed by atoms with Crippen LogP contribution in [-0.4, -0.2) is 20.5 Å². The average molecular weight is 339 g/mol. The fourth-order valence-corrected chi connectivity index (χ4v) is 3.47. The van der Waals surface area contributed by atoms with Gasteiger partial charge < -0.3 is 9.15 Å². The Morgan fingerprint density at radius 3 is 2.82 bits per heavy atom. The molecule has 1 heterocycles. The minimum Gasteiger partial charge on any atom is -0.495 e. The van der Waals surface area contributed by atoms with Crippen LogP contribution in [0.2, 0.25) is 5.02 Å². The lowest BCUT2D eigenvalue weighted by Crippen LogP contribution is -2.14. The molecule has 0 unspecified atom stereocenters. The topological polar surface area (TPSA) is 81.4 Å². The summed E-state index contributed by atoms with van der Waals surface area (Å²) in [6.45, 7) is 0. The minimum absolute atomic E-state index is 0.0391. The van der Waals surface area contributed by atoms with Crippen molar-refractivity contribution in [3.05, 3.63) is 47.8 Å². The Morgan fingerprint density at radius 2 is 2.05 bits per heavy atom. The van der Waals surface area contributed by atoms with Crippen LogP contribution in [0.5, 0.6) is 5.75 Å². The Hall–Kier alpha value is -2.25. The van der Waals surface area contributed by atoms with E-state index in [1.165, 1.54) is 25.6 Å². The number of sulfonamides is 1. The number of ether oxygens (including phenoxy) is 1. The molecule has 0 amide bonds. The molecule has 22 heavy (non-hydrogen) atoms. The summed E-state index contributed by atoms with van der Waals surface area (Å²) >= 11 is 5.88. The van der Waals surface area contributed by atoms with Crippen LogP contribution in [0.3, 0.4) is 0 Å². The van der Waals surface area contributed by atoms with Crippen LogP contribution in [0.1, 0.15) is 0 Å². The number of rotatable bonds is 4. The van der Waals surface area contributed by atoms with Gasteiger partial charge in [0.1, 0.15) is 16.2 Å². The van der Waals surface area contributed by atoms with E-state index in [4.69, 9.17) is 20.8 Å². The highest BCUT2D eigenvalue weighted by Crippen LogP contribution is 2.29. The second-order valence-corrected chi connectivity index (χ2v) is 6.52. The van der Waals surface area contributed by atoms with E-state index < -0.39 is 10.0 Å². The summed E-state index contributed by atoms with van der Waals surface area (Å²) in [4.78, 5) is 3.94. The van der Waals surface area contributed by atoms with E-state index in [9.17, 15) is 8.42 Å². The molecule has 0 spiro atoms. The second-order valence-electron chi connectivity index (χ2n) is 4.44. The highest BCUT2D eigenvalue weighted by Gasteiger charge is 2.20. The van der Waals surface area contributed by atoms with Gasteiger partial charge in [0.05, 0.1) is 12.8 Å². The Morgan fingerprint density at radius 1 is 1.23 bits per heavy atom. The van der Waals surface area contributed by atoms with E-state index in [-0.39, 0.29) is 10.6 Å². The summed E-state index contributed by atoms with van der Waals surface area (Å²) in [6.07, 6.45) is 1.29. The van der Waals surface area contributed by atoms with Crippen molar-refractivity contribution in [2.75, 3.05) is 11.8 Å². The van der Waals surface area contributed by atoms with Crippen molar-refractivity contribution < 1.29 is 17.6 Å². The number of oxazole rings is 1. The molecule has 8 heteroatoms. The molecule has 0 radical (unpaired) electrons. The van der Waals surface area contributed by atoms with Crippen molar-refractivity contribution in [2.45, 2.75) is 4.90 Å². The fourth-order valence-electron chi connectivity index (χ4n) is 1.99.